The average molecular weight is 527 g/mol. The molecule has 0 saturated heterocycles. The third kappa shape index (κ3) is 4.65. The second-order valence-corrected chi connectivity index (χ2v) is 9.91. The van der Waals surface area contributed by atoms with E-state index in [1.54, 1.807) is 30.5 Å². The van der Waals surface area contributed by atoms with Crippen LogP contribution in [0.25, 0.3) is 31.8 Å². The number of benzene rings is 3. The Labute approximate surface area is 211 Å². The van der Waals surface area contributed by atoms with Crippen LogP contribution in [-0.4, -0.2) is 22.2 Å². The molecule has 2 aromatic heterocycles. The summed E-state index contributed by atoms with van der Waals surface area (Å²) in [5, 5.41) is 13.3. The lowest BCUT2D eigenvalue weighted by molar-refractivity contribution is -0.274. The highest BCUT2D eigenvalue weighted by molar-refractivity contribution is 7.21. The summed E-state index contributed by atoms with van der Waals surface area (Å²) in [6.45, 7) is 1.56. The van der Waals surface area contributed by atoms with Crippen LogP contribution >= 0.6 is 22.7 Å². The number of alkyl halides is 3. The second kappa shape index (κ2) is 8.96. The first-order valence-electron chi connectivity index (χ1n) is 10.6. The first-order chi connectivity index (χ1) is 17.1. The molecule has 0 amide bonds. The van der Waals surface area contributed by atoms with E-state index in [0.29, 0.717) is 26.5 Å². The number of carbonyl (C=O) groups is 1. The minimum Gasteiger partial charge on any atom is -0.508 e. The molecule has 5 nitrogen and oxygen atoms in total. The fourth-order valence-electron chi connectivity index (χ4n) is 3.94. The van der Waals surface area contributed by atoms with Gasteiger partial charge >= 0.3 is 6.36 Å². The number of fused-ring (bicyclic) bond motifs is 1. The molecule has 3 N–H and O–H groups in total. The minimum absolute atomic E-state index is 0.0656. The number of ether oxygens (including phenoxy) is 1. The summed E-state index contributed by atoms with van der Waals surface area (Å²) < 4.78 is 42.5. The number of nitrogens with zero attached hydrogens (tertiary/aromatic N) is 1. The zero-order valence-corrected chi connectivity index (χ0v) is 20.2. The normalized spacial score (nSPS) is 11.7. The Morgan fingerprint density at radius 3 is 2.39 bits per heavy atom. The number of aromatic nitrogens is 1. The van der Waals surface area contributed by atoms with E-state index < -0.39 is 12.1 Å². The standard InChI is InChI=1S/C26H17F3N2O3S2/c1-13-10-17(34-26(27,28)29)7-9-18(13)23(33)24-22(19-8-6-16(32)11-20(19)36-24)14-2-4-15(5-3-14)25-31-21(30)12-35-25/h2-12,32H,30H2,1H3. The van der Waals surface area contributed by atoms with Crippen LogP contribution in [0.15, 0.2) is 66.0 Å². The van der Waals surface area contributed by atoms with Gasteiger partial charge in [0.2, 0.25) is 5.78 Å². The molecule has 0 aliphatic rings. The Balaban J connectivity index is 1.60. The van der Waals surface area contributed by atoms with Crippen molar-refractivity contribution in [1.29, 1.82) is 0 Å². The first kappa shape index (κ1) is 23.8. The quantitative estimate of drug-likeness (QED) is 0.233. The van der Waals surface area contributed by atoms with Crippen LogP contribution in [0, 0.1) is 6.92 Å². The van der Waals surface area contributed by atoms with Gasteiger partial charge in [-0.25, -0.2) is 4.98 Å². The highest BCUT2D eigenvalue weighted by Gasteiger charge is 2.31. The van der Waals surface area contributed by atoms with Crippen LogP contribution in [0.3, 0.4) is 0 Å². The highest BCUT2D eigenvalue weighted by atomic mass is 32.1. The summed E-state index contributed by atoms with van der Waals surface area (Å²) in [7, 11) is 0. The number of nitrogen functional groups attached to an aromatic ring is 1. The Bertz CT molecular complexity index is 1610. The van der Waals surface area contributed by atoms with Crippen molar-refractivity contribution in [3.63, 3.8) is 0 Å². The zero-order valence-electron chi connectivity index (χ0n) is 18.6. The summed E-state index contributed by atoms with van der Waals surface area (Å²) in [5.41, 5.74) is 8.68. The van der Waals surface area contributed by atoms with E-state index in [9.17, 15) is 23.1 Å². The van der Waals surface area contributed by atoms with Crippen molar-refractivity contribution in [1.82, 2.24) is 4.98 Å². The molecular weight excluding hydrogens is 509 g/mol. The summed E-state index contributed by atoms with van der Waals surface area (Å²) in [5.74, 6) is -0.219. The number of aromatic hydroxyl groups is 1. The van der Waals surface area contributed by atoms with E-state index >= 15 is 0 Å². The van der Waals surface area contributed by atoms with Crippen molar-refractivity contribution >= 4 is 44.4 Å². The number of carbonyl (C=O) groups excluding carboxylic acids is 1. The molecule has 3 aromatic carbocycles. The van der Waals surface area contributed by atoms with E-state index in [4.69, 9.17) is 5.73 Å². The molecule has 5 rings (SSSR count). The lowest BCUT2D eigenvalue weighted by Crippen LogP contribution is -2.17. The highest BCUT2D eigenvalue weighted by Crippen LogP contribution is 2.42. The maximum Gasteiger partial charge on any atom is 0.573 e. The Kier molecular flexibility index (Phi) is 5.93. The third-order valence-electron chi connectivity index (χ3n) is 5.50. The van der Waals surface area contributed by atoms with Crippen LogP contribution in [0.2, 0.25) is 0 Å². The summed E-state index contributed by atoms with van der Waals surface area (Å²) in [4.78, 5) is 18.4. The molecule has 10 heteroatoms. The topological polar surface area (TPSA) is 85.4 Å². The van der Waals surface area contributed by atoms with Gasteiger partial charge in [0, 0.05) is 32.2 Å². The number of ketones is 1. The second-order valence-electron chi connectivity index (χ2n) is 8.00. The molecule has 0 spiro atoms. The largest absolute Gasteiger partial charge is 0.573 e. The predicted molar refractivity (Wildman–Crippen MR) is 136 cm³/mol. The van der Waals surface area contributed by atoms with Crippen LogP contribution in [0.5, 0.6) is 11.5 Å². The molecule has 0 atom stereocenters. The van der Waals surface area contributed by atoms with Gasteiger partial charge in [-0.15, -0.1) is 35.8 Å². The van der Waals surface area contributed by atoms with E-state index in [1.165, 1.54) is 34.8 Å². The molecule has 0 bridgehead atoms. The predicted octanol–water partition coefficient (Wildman–Crippen LogP) is 7.42. The summed E-state index contributed by atoms with van der Waals surface area (Å²) in [6, 6.07) is 16.1. The number of hydrogen-bond donors (Lipinski definition) is 2. The number of thiophene rings is 1. The molecule has 0 aliphatic carbocycles. The number of halogens is 3. The van der Waals surface area contributed by atoms with Gasteiger partial charge < -0.3 is 15.6 Å². The van der Waals surface area contributed by atoms with Gasteiger partial charge in [-0.2, -0.15) is 0 Å². The van der Waals surface area contributed by atoms with Crippen molar-refractivity contribution in [3.8, 4) is 33.2 Å². The Morgan fingerprint density at radius 2 is 1.75 bits per heavy atom. The number of phenolic OH excluding ortho intramolecular Hbond substituents is 1. The molecule has 36 heavy (non-hydrogen) atoms. The van der Waals surface area contributed by atoms with Gasteiger partial charge in [0.05, 0.1) is 4.88 Å². The van der Waals surface area contributed by atoms with Crippen molar-refractivity contribution in [2.45, 2.75) is 13.3 Å². The van der Waals surface area contributed by atoms with Gasteiger partial charge in [-0.3, -0.25) is 4.79 Å². The number of rotatable bonds is 5. The number of hydrogen-bond acceptors (Lipinski definition) is 7. The number of phenols is 1. The molecule has 0 saturated carbocycles. The van der Waals surface area contributed by atoms with Gasteiger partial charge in [0.1, 0.15) is 22.3 Å². The molecule has 2 heterocycles. The molecule has 182 valence electrons. The maximum absolute atomic E-state index is 13.7. The number of aryl methyl sites for hydroxylation is 1. The van der Waals surface area contributed by atoms with E-state index in [0.717, 1.165) is 27.6 Å². The van der Waals surface area contributed by atoms with Crippen molar-refractivity contribution < 1.29 is 27.8 Å². The van der Waals surface area contributed by atoms with Crippen molar-refractivity contribution in [3.05, 3.63) is 82.0 Å². The number of thiazole rings is 1. The fourth-order valence-corrected chi connectivity index (χ4v) is 5.87. The fraction of sp³-hybridized carbons (Fsp3) is 0.0769. The molecule has 0 unspecified atom stereocenters. The number of nitrogens with two attached hydrogens (primary N) is 1. The van der Waals surface area contributed by atoms with E-state index in [1.807, 2.05) is 24.3 Å². The lowest BCUT2D eigenvalue weighted by Gasteiger charge is -2.12. The average Bonchev–Trinajstić information content (AvgIpc) is 3.41. The summed E-state index contributed by atoms with van der Waals surface area (Å²) in [6.07, 6.45) is -4.82. The third-order valence-corrected chi connectivity index (χ3v) is 7.56. The van der Waals surface area contributed by atoms with Crippen LogP contribution in [0.1, 0.15) is 20.8 Å². The Morgan fingerprint density at radius 1 is 1.03 bits per heavy atom. The zero-order chi connectivity index (χ0) is 25.6. The molecule has 5 aromatic rings. The SMILES string of the molecule is Cc1cc(OC(F)(F)F)ccc1C(=O)c1sc2cc(O)ccc2c1-c1ccc(-c2nc(N)cs2)cc1. The summed E-state index contributed by atoms with van der Waals surface area (Å²) >= 11 is 2.64. The smallest absolute Gasteiger partial charge is 0.508 e. The van der Waals surface area contributed by atoms with E-state index in [2.05, 4.69) is 9.72 Å². The van der Waals surface area contributed by atoms with Gasteiger partial charge in [-0.05, 0) is 54.4 Å². The van der Waals surface area contributed by atoms with E-state index in [-0.39, 0.29) is 17.1 Å². The van der Waals surface area contributed by atoms with Gasteiger partial charge in [0.25, 0.3) is 0 Å². The molecule has 0 aliphatic heterocycles. The van der Waals surface area contributed by atoms with Crippen LogP contribution in [0.4, 0.5) is 19.0 Å². The van der Waals surface area contributed by atoms with Gasteiger partial charge in [-0.1, -0.05) is 24.3 Å². The van der Waals surface area contributed by atoms with Crippen molar-refractivity contribution in [2.75, 3.05) is 5.73 Å². The molecule has 0 radical (unpaired) electrons. The van der Waals surface area contributed by atoms with Crippen LogP contribution < -0.4 is 10.5 Å². The monoisotopic (exact) mass is 526 g/mol. The maximum atomic E-state index is 13.7. The van der Waals surface area contributed by atoms with Gasteiger partial charge in [0.15, 0.2) is 0 Å². The Hall–Kier alpha value is -3.89. The van der Waals surface area contributed by atoms with Crippen LogP contribution in [-0.2, 0) is 0 Å². The van der Waals surface area contributed by atoms with Crippen molar-refractivity contribution in [2.24, 2.45) is 0 Å². The number of anilines is 1. The first-order valence-corrected chi connectivity index (χ1v) is 12.3. The lowest BCUT2D eigenvalue weighted by atomic mass is 9.96. The molecule has 0 fully saturated rings. The minimum atomic E-state index is -4.82. The molecular formula is C26H17F3N2O3S2.